The summed E-state index contributed by atoms with van der Waals surface area (Å²) in [5.74, 6) is 0.276. The summed E-state index contributed by atoms with van der Waals surface area (Å²) >= 11 is 0. The van der Waals surface area contributed by atoms with Gasteiger partial charge in [0.15, 0.2) is 0 Å². The van der Waals surface area contributed by atoms with Gasteiger partial charge in [-0.3, -0.25) is 4.79 Å². The summed E-state index contributed by atoms with van der Waals surface area (Å²) in [6, 6.07) is 10.5. The van der Waals surface area contributed by atoms with E-state index in [-0.39, 0.29) is 24.2 Å². The molecule has 0 bridgehead atoms. The molecule has 1 aromatic carbocycles. The summed E-state index contributed by atoms with van der Waals surface area (Å²) in [6.07, 6.45) is 3.02. The Kier molecular flexibility index (Phi) is 7.03. The maximum absolute atomic E-state index is 12.7. The van der Waals surface area contributed by atoms with Crippen LogP contribution in [0.25, 0.3) is 0 Å². The molecule has 2 atom stereocenters. The van der Waals surface area contributed by atoms with E-state index < -0.39 is 0 Å². The summed E-state index contributed by atoms with van der Waals surface area (Å²) in [4.78, 5) is 14.7. The molecule has 1 aliphatic rings. The van der Waals surface area contributed by atoms with Crippen LogP contribution in [-0.4, -0.2) is 37.0 Å². The molecule has 2 unspecified atom stereocenters. The van der Waals surface area contributed by atoms with Crippen molar-refractivity contribution in [3.05, 3.63) is 35.9 Å². The van der Waals surface area contributed by atoms with Crippen LogP contribution in [0, 0.1) is 0 Å². The molecule has 1 aromatic rings. The number of nitrogens with zero attached hydrogens (tertiary/aromatic N) is 1. The van der Waals surface area contributed by atoms with E-state index in [4.69, 9.17) is 0 Å². The van der Waals surface area contributed by atoms with E-state index in [1.54, 1.807) is 0 Å². The fourth-order valence-corrected chi connectivity index (χ4v) is 2.80. The third kappa shape index (κ3) is 3.97. The van der Waals surface area contributed by atoms with E-state index >= 15 is 0 Å². The number of benzene rings is 1. The number of rotatable bonds is 5. The minimum Gasteiger partial charge on any atom is -0.341 e. The highest BCUT2D eigenvalue weighted by Gasteiger charge is 2.28. The largest absolute Gasteiger partial charge is 0.341 e. The third-order valence-electron chi connectivity index (χ3n) is 4.01. The lowest BCUT2D eigenvalue weighted by Crippen LogP contribution is -2.41. The van der Waals surface area contributed by atoms with Crippen LogP contribution < -0.4 is 5.32 Å². The molecular weight excluding hydrogens is 272 g/mol. The lowest BCUT2D eigenvalue weighted by atomic mass is 9.92. The SMILES string of the molecule is CCCC(C(=O)N(C)C1CCNC1)c1ccccc1.Cl. The average Bonchev–Trinajstić information content (AvgIpc) is 2.98. The van der Waals surface area contributed by atoms with E-state index in [1.165, 1.54) is 0 Å². The minimum atomic E-state index is 0. The normalized spacial score (nSPS) is 19.2. The Morgan fingerprint density at radius 3 is 2.65 bits per heavy atom. The number of carbonyl (C=O) groups excluding carboxylic acids is 1. The lowest BCUT2D eigenvalue weighted by molar-refractivity contribution is -0.133. The van der Waals surface area contributed by atoms with Crippen molar-refractivity contribution in [2.24, 2.45) is 0 Å². The molecule has 1 N–H and O–H groups in total. The molecule has 0 aromatic heterocycles. The van der Waals surface area contributed by atoms with Gasteiger partial charge in [-0.2, -0.15) is 0 Å². The molecule has 20 heavy (non-hydrogen) atoms. The Hall–Kier alpha value is -1.06. The summed E-state index contributed by atoms with van der Waals surface area (Å²) < 4.78 is 0. The second-order valence-electron chi connectivity index (χ2n) is 5.35. The standard InChI is InChI=1S/C16H24N2O.ClH/c1-3-7-15(13-8-5-4-6-9-13)16(19)18(2)14-10-11-17-12-14;/h4-6,8-9,14-15,17H,3,7,10-12H2,1-2H3;1H. The highest BCUT2D eigenvalue weighted by atomic mass is 35.5. The topological polar surface area (TPSA) is 32.3 Å². The highest BCUT2D eigenvalue weighted by Crippen LogP contribution is 2.24. The van der Waals surface area contributed by atoms with Crippen LogP contribution in [0.3, 0.4) is 0 Å². The van der Waals surface area contributed by atoms with E-state index in [0.717, 1.165) is 37.9 Å². The minimum absolute atomic E-state index is 0. The van der Waals surface area contributed by atoms with Crippen molar-refractivity contribution in [1.82, 2.24) is 10.2 Å². The molecule has 0 radical (unpaired) electrons. The molecular formula is C16H25ClN2O. The van der Waals surface area contributed by atoms with Crippen molar-refractivity contribution in [3.63, 3.8) is 0 Å². The first-order valence-electron chi connectivity index (χ1n) is 7.26. The molecule has 1 fully saturated rings. The maximum atomic E-state index is 12.7. The van der Waals surface area contributed by atoms with Gasteiger partial charge in [-0.25, -0.2) is 0 Å². The van der Waals surface area contributed by atoms with Gasteiger partial charge < -0.3 is 10.2 Å². The number of nitrogens with one attached hydrogen (secondary N) is 1. The number of hydrogen-bond donors (Lipinski definition) is 1. The van der Waals surface area contributed by atoms with Gasteiger partial charge in [-0.15, -0.1) is 12.4 Å². The van der Waals surface area contributed by atoms with E-state index in [0.29, 0.717) is 6.04 Å². The Bertz CT molecular complexity index is 404. The number of carbonyl (C=O) groups is 1. The van der Waals surface area contributed by atoms with Gasteiger partial charge >= 0.3 is 0 Å². The van der Waals surface area contributed by atoms with Crippen molar-refractivity contribution in [2.45, 2.75) is 38.1 Å². The summed E-state index contributed by atoms with van der Waals surface area (Å²) in [7, 11) is 1.95. The van der Waals surface area contributed by atoms with Crippen molar-refractivity contribution in [3.8, 4) is 0 Å². The van der Waals surface area contributed by atoms with Crippen LogP contribution >= 0.6 is 12.4 Å². The summed E-state index contributed by atoms with van der Waals surface area (Å²) in [5, 5.41) is 3.32. The molecule has 0 aliphatic carbocycles. The second-order valence-corrected chi connectivity index (χ2v) is 5.35. The zero-order chi connectivity index (χ0) is 13.7. The quantitative estimate of drug-likeness (QED) is 0.906. The molecule has 1 aliphatic heterocycles. The van der Waals surface area contributed by atoms with Gasteiger partial charge in [0.2, 0.25) is 5.91 Å². The van der Waals surface area contributed by atoms with Gasteiger partial charge in [0.1, 0.15) is 0 Å². The van der Waals surface area contributed by atoms with Gasteiger partial charge in [-0.05, 0) is 24.9 Å². The Morgan fingerprint density at radius 2 is 2.10 bits per heavy atom. The zero-order valence-corrected chi connectivity index (χ0v) is 13.2. The van der Waals surface area contributed by atoms with Crippen LogP contribution in [0.5, 0.6) is 0 Å². The number of halogens is 1. The molecule has 0 saturated carbocycles. The first-order valence-corrected chi connectivity index (χ1v) is 7.26. The fraction of sp³-hybridized carbons (Fsp3) is 0.562. The first-order chi connectivity index (χ1) is 9.24. The molecule has 1 heterocycles. The van der Waals surface area contributed by atoms with Crippen LogP contribution in [-0.2, 0) is 4.79 Å². The van der Waals surface area contributed by atoms with Crippen LogP contribution in [0.15, 0.2) is 30.3 Å². The molecule has 4 heteroatoms. The van der Waals surface area contributed by atoms with E-state index in [1.807, 2.05) is 30.1 Å². The molecule has 1 amide bonds. The second kappa shape index (κ2) is 8.28. The van der Waals surface area contributed by atoms with E-state index in [9.17, 15) is 4.79 Å². The first kappa shape index (κ1) is 17.0. The number of likely N-dealkylation sites (N-methyl/N-ethyl adjacent to an activating group) is 1. The Morgan fingerprint density at radius 1 is 1.40 bits per heavy atom. The van der Waals surface area contributed by atoms with Crippen molar-refractivity contribution in [2.75, 3.05) is 20.1 Å². The maximum Gasteiger partial charge on any atom is 0.230 e. The molecule has 3 nitrogen and oxygen atoms in total. The molecule has 2 rings (SSSR count). The Labute approximate surface area is 128 Å². The lowest BCUT2D eigenvalue weighted by Gasteiger charge is -2.28. The Balaban J connectivity index is 0.00000200. The fourth-order valence-electron chi connectivity index (χ4n) is 2.80. The predicted molar refractivity (Wildman–Crippen MR) is 85.4 cm³/mol. The molecule has 1 saturated heterocycles. The zero-order valence-electron chi connectivity index (χ0n) is 12.3. The van der Waals surface area contributed by atoms with Gasteiger partial charge in [-0.1, -0.05) is 43.7 Å². The van der Waals surface area contributed by atoms with Gasteiger partial charge in [0.05, 0.1) is 5.92 Å². The number of amides is 1. The predicted octanol–water partition coefficient (Wildman–Crippen LogP) is 2.81. The van der Waals surface area contributed by atoms with Crippen LogP contribution in [0.1, 0.15) is 37.7 Å². The third-order valence-corrected chi connectivity index (χ3v) is 4.01. The van der Waals surface area contributed by atoms with Crippen molar-refractivity contribution >= 4 is 18.3 Å². The molecule has 112 valence electrons. The highest BCUT2D eigenvalue weighted by molar-refractivity contribution is 5.85. The number of hydrogen-bond acceptors (Lipinski definition) is 2. The smallest absolute Gasteiger partial charge is 0.230 e. The van der Waals surface area contributed by atoms with Gasteiger partial charge in [0, 0.05) is 19.6 Å². The molecule has 0 spiro atoms. The monoisotopic (exact) mass is 296 g/mol. The van der Waals surface area contributed by atoms with Gasteiger partial charge in [0.25, 0.3) is 0 Å². The van der Waals surface area contributed by atoms with Crippen LogP contribution in [0.4, 0.5) is 0 Å². The van der Waals surface area contributed by atoms with Crippen molar-refractivity contribution in [1.29, 1.82) is 0 Å². The summed E-state index contributed by atoms with van der Waals surface area (Å²) in [6.45, 7) is 4.09. The summed E-state index contributed by atoms with van der Waals surface area (Å²) in [5.41, 5.74) is 1.15. The van der Waals surface area contributed by atoms with Crippen molar-refractivity contribution < 1.29 is 4.79 Å². The van der Waals surface area contributed by atoms with Crippen LogP contribution in [0.2, 0.25) is 0 Å². The average molecular weight is 297 g/mol. The van der Waals surface area contributed by atoms with E-state index in [2.05, 4.69) is 24.4 Å².